The van der Waals surface area contributed by atoms with Gasteiger partial charge in [0.2, 0.25) is 5.88 Å². The van der Waals surface area contributed by atoms with E-state index in [0.29, 0.717) is 18.0 Å². The van der Waals surface area contributed by atoms with Crippen LogP contribution in [0.1, 0.15) is 88.3 Å². The van der Waals surface area contributed by atoms with Crippen molar-refractivity contribution in [2.75, 3.05) is 0 Å². The van der Waals surface area contributed by atoms with Gasteiger partial charge in [0.15, 0.2) is 0 Å². The summed E-state index contributed by atoms with van der Waals surface area (Å²) < 4.78 is 2.61. The molecule has 0 aliphatic heterocycles. The van der Waals surface area contributed by atoms with Crippen LogP contribution in [0.3, 0.4) is 0 Å². The maximum atomic E-state index is 12.7. The monoisotopic (exact) mass is 350 g/mol. The van der Waals surface area contributed by atoms with Crippen molar-refractivity contribution in [2.45, 2.75) is 82.6 Å². The summed E-state index contributed by atoms with van der Waals surface area (Å²) in [5, 5.41) is 20.5. The summed E-state index contributed by atoms with van der Waals surface area (Å²) in [7, 11) is 1.65. The average Bonchev–Trinajstić information content (AvgIpc) is 2.84. The molecule has 0 unspecified atom stereocenters. The van der Waals surface area contributed by atoms with Crippen LogP contribution in [0.5, 0.6) is 5.88 Å². The molecule has 0 bridgehead atoms. The predicted octanol–water partition coefficient (Wildman–Crippen LogP) is 3.54. The molecule has 2 aliphatic rings. The number of aliphatic carboxylic acids is 1. The number of carboxylic acid groups (broad SMARTS) is 1. The molecule has 2 saturated carbocycles. The summed E-state index contributed by atoms with van der Waals surface area (Å²) in [5.41, 5.74) is 0.223. The van der Waals surface area contributed by atoms with Crippen LogP contribution in [0.2, 0.25) is 0 Å². The lowest BCUT2D eigenvalue weighted by atomic mass is 9.84. The zero-order valence-electron chi connectivity index (χ0n) is 15.1. The third-order valence-corrected chi connectivity index (χ3v) is 6.18. The minimum Gasteiger partial charge on any atom is -0.493 e. The maximum absolute atomic E-state index is 12.7. The lowest BCUT2D eigenvalue weighted by molar-refractivity contribution is -0.141. The summed E-state index contributed by atoms with van der Waals surface area (Å²) in [4.78, 5) is 24.6. The number of hydrogen-bond acceptors (Lipinski definition) is 3. The van der Waals surface area contributed by atoms with Crippen molar-refractivity contribution in [3.63, 3.8) is 0 Å². The van der Waals surface area contributed by atoms with Crippen molar-refractivity contribution in [3.8, 4) is 5.88 Å². The number of carboxylic acids is 1. The molecular weight excluding hydrogens is 320 g/mol. The van der Waals surface area contributed by atoms with Gasteiger partial charge in [-0.1, -0.05) is 51.4 Å². The largest absolute Gasteiger partial charge is 0.493 e. The van der Waals surface area contributed by atoms with Crippen molar-refractivity contribution in [3.05, 3.63) is 16.2 Å². The maximum Gasteiger partial charge on any atom is 0.331 e. The Balaban J connectivity index is 1.93. The van der Waals surface area contributed by atoms with Crippen LogP contribution in [0.4, 0.5) is 0 Å². The average molecular weight is 350 g/mol. The molecule has 6 nitrogen and oxygen atoms in total. The van der Waals surface area contributed by atoms with E-state index < -0.39 is 17.7 Å². The standard InChI is InChI=1S/C19H30N2O4/c1-20-16(14-10-6-3-7-11-14)17(22)21(19(20)25)15(18(23)24)12-13-8-4-2-5-9-13/h13-15,22H,2-12H2,1H3,(H,23,24)/t15-/m0/s1. The van der Waals surface area contributed by atoms with Crippen molar-refractivity contribution >= 4 is 5.97 Å². The van der Waals surface area contributed by atoms with Crippen LogP contribution >= 0.6 is 0 Å². The van der Waals surface area contributed by atoms with E-state index in [-0.39, 0.29) is 11.8 Å². The Morgan fingerprint density at radius 1 is 1.08 bits per heavy atom. The first-order valence-electron chi connectivity index (χ1n) is 9.73. The van der Waals surface area contributed by atoms with Crippen LogP contribution in [0.25, 0.3) is 0 Å². The fraction of sp³-hybridized carbons (Fsp3) is 0.789. The normalized spacial score (nSPS) is 21.3. The van der Waals surface area contributed by atoms with E-state index in [4.69, 9.17) is 0 Å². The topological polar surface area (TPSA) is 84.5 Å². The number of rotatable bonds is 5. The highest BCUT2D eigenvalue weighted by Crippen LogP contribution is 2.38. The Morgan fingerprint density at radius 3 is 2.20 bits per heavy atom. The molecule has 1 aromatic rings. The van der Waals surface area contributed by atoms with Crippen LogP contribution < -0.4 is 5.69 Å². The van der Waals surface area contributed by atoms with E-state index in [0.717, 1.165) is 55.9 Å². The van der Waals surface area contributed by atoms with Gasteiger partial charge in [-0.15, -0.1) is 0 Å². The third kappa shape index (κ3) is 3.62. The molecule has 0 radical (unpaired) electrons. The molecule has 0 spiro atoms. The first-order chi connectivity index (χ1) is 12.0. The van der Waals surface area contributed by atoms with Gasteiger partial charge in [-0.2, -0.15) is 0 Å². The zero-order chi connectivity index (χ0) is 18.0. The molecule has 0 amide bonds. The number of nitrogens with zero attached hydrogens (tertiary/aromatic N) is 2. The second-order valence-corrected chi connectivity index (χ2v) is 7.85. The summed E-state index contributed by atoms with van der Waals surface area (Å²) in [6.45, 7) is 0. The molecule has 0 saturated heterocycles. The Labute approximate surface area is 148 Å². The smallest absolute Gasteiger partial charge is 0.331 e. The minimum atomic E-state index is -1.02. The SMILES string of the molecule is Cn1c(C2CCCCC2)c(O)n([C@@H](CC2CCCCC2)C(=O)O)c1=O. The number of imidazole rings is 1. The number of carbonyl (C=O) groups is 1. The molecular formula is C19H30N2O4. The summed E-state index contributed by atoms with van der Waals surface area (Å²) in [5.74, 6) is -0.678. The summed E-state index contributed by atoms with van der Waals surface area (Å²) in [6, 6.07) is -0.973. The highest BCUT2D eigenvalue weighted by atomic mass is 16.4. The van der Waals surface area contributed by atoms with Gasteiger partial charge in [0, 0.05) is 13.0 Å². The highest BCUT2D eigenvalue weighted by Gasteiger charge is 2.33. The summed E-state index contributed by atoms with van der Waals surface area (Å²) in [6.07, 6.45) is 11.2. The van der Waals surface area contributed by atoms with Crippen LogP contribution in [0.15, 0.2) is 4.79 Å². The van der Waals surface area contributed by atoms with Gasteiger partial charge in [-0.25, -0.2) is 14.2 Å². The highest BCUT2D eigenvalue weighted by molar-refractivity contribution is 5.72. The minimum absolute atomic E-state index is 0.123. The van der Waals surface area contributed by atoms with Crippen molar-refractivity contribution in [1.82, 2.24) is 9.13 Å². The van der Waals surface area contributed by atoms with E-state index in [1.165, 1.54) is 17.4 Å². The molecule has 1 aromatic heterocycles. The lowest BCUT2D eigenvalue weighted by Gasteiger charge is -2.25. The van der Waals surface area contributed by atoms with Gasteiger partial charge in [0.05, 0.1) is 5.69 Å². The summed E-state index contributed by atoms with van der Waals surface area (Å²) >= 11 is 0. The molecule has 1 heterocycles. The molecule has 25 heavy (non-hydrogen) atoms. The van der Waals surface area contributed by atoms with Gasteiger partial charge in [0.1, 0.15) is 6.04 Å². The molecule has 3 rings (SSSR count). The molecule has 2 N–H and O–H groups in total. The second kappa shape index (κ2) is 7.67. The molecule has 2 aliphatic carbocycles. The second-order valence-electron chi connectivity index (χ2n) is 7.85. The van der Waals surface area contributed by atoms with Crippen LogP contribution in [-0.2, 0) is 11.8 Å². The fourth-order valence-corrected chi connectivity index (χ4v) is 4.80. The molecule has 0 aromatic carbocycles. The Kier molecular flexibility index (Phi) is 5.54. The van der Waals surface area contributed by atoms with Crippen molar-refractivity contribution in [1.29, 1.82) is 0 Å². The van der Waals surface area contributed by atoms with Gasteiger partial charge < -0.3 is 10.2 Å². The van der Waals surface area contributed by atoms with E-state index in [1.807, 2.05) is 0 Å². The first-order valence-corrected chi connectivity index (χ1v) is 9.73. The molecule has 6 heteroatoms. The van der Waals surface area contributed by atoms with Gasteiger partial charge >= 0.3 is 11.7 Å². The van der Waals surface area contributed by atoms with Gasteiger partial charge in [-0.3, -0.25) is 4.57 Å². The molecule has 1 atom stereocenters. The number of aromatic hydroxyl groups is 1. The fourth-order valence-electron chi connectivity index (χ4n) is 4.80. The Morgan fingerprint density at radius 2 is 1.64 bits per heavy atom. The number of aromatic nitrogens is 2. The predicted molar refractivity (Wildman–Crippen MR) is 95.0 cm³/mol. The lowest BCUT2D eigenvalue weighted by Crippen LogP contribution is -2.32. The molecule has 2 fully saturated rings. The van der Waals surface area contributed by atoms with E-state index in [9.17, 15) is 19.8 Å². The van der Waals surface area contributed by atoms with E-state index in [1.54, 1.807) is 7.05 Å². The van der Waals surface area contributed by atoms with Gasteiger partial charge in [0.25, 0.3) is 0 Å². The van der Waals surface area contributed by atoms with Gasteiger partial charge in [-0.05, 0) is 25.2 Å². The van der Waals surface area contributed by atoms with Crippen LogP contribution in [0, 0.1) is 5.92 Å². The first kappa shape index (κ1) is 18.1. The van der Waals surface area contributed by atoms with Crippen molar-refractivity contribution in [2.24, 2.45) is 13.0 Å². The Bertz CT molecular complexity index is 664. The van der Waals surface area contributed by atoms with Crippen molar-refractivity contribution < 1.29 is 15.0 Å². The number of hydrogen-bond donors (Lipinski definition) is 2. The van der Waals surface area contributed by atoms with Crippen LogP contribution in [-0.4, -0.2) is 25.3 Å². The quantitative estimate of drug-likeness (QED) is 0.851. The Hall–Kier alpha value is -1.72. The zero-order valence-corrected chi connectivity index (χ0v) is 15.1. The van der Waals surface area contributed by atoms with E-state index >= 15 is 0 Å². The third-order valence-electron chi connectivity index (χ3n) is 6.18. The molecule has 140 valence electrons. The van der Waals surface area contributed by atoms with E-state index in [2.05, 4.69) is 0 Å².